The topological polar surface area (TPSA) is 130 Å². The minimum absolute atomic E-state index is 0.0526. The van der Waals surface area contributed by atoms with E-state index in [9.17, 15) is 12.8 Å². The highest BCUT2D eigenvalue weighted by Gasteiger charge is 2.30. The van der Waals surface area contributed by atoms with E-state index < -0.39 is 10.1 Å². The van der Waals surface area contributed by atoms with Crippen LogP contribution in [0.5, 0.6) is 0 Å². The van der Waals surface area contributed by atoms with Crippen LogP contribution in [0.25, 0.3) is 11.1 Å². The Morgan fingerprint density at radius 3 is 2.76 bits per heavy atom. The van der Waals surface area contributed by atoms with Crippen LogP contribution in [0.1, 0.15) is 34.9 Å². The molecule has 1 atom stereocenters. The minimum Gasteiger partial charge on any atom is -0.393 e. The number of aromatic nitrogens is 3. The molecule has 0 spiro atoms. The Hall–Kier alpha value is -3.44. The summed E-state index contributed by atoms with van der Waals surface area (Å²) in [6, 6.07) is 8.38. The van der Waals surface area contributed by atoms with E-state index >= 15 is 0 Å². The number of nitrogens with two attached hydrogens (primary N) is 1. The number of hydrogen-bond donors (Lipinski definition) is 1. The van der Waals surface area contributed by atoms with Gasteiger partial charge in [-0.2, -0.15) is 8.42 Å². The maximum Gasteiger partial charge on any atom is 0.264 e. The molecule has 0 saturated heterocycles. The molecule has 1 aliphatic rings. The summed E-state index contributed by atoms with van der Waals surface area (Å²) in [5, 5.41) is 4.26. The highest BCUT2D eigenvalue weighted by Crippen LogP contribution is 2.38. The Morgan fingerprint density at radius 2 is 2.03 bits per heavy atom. The van der Waals surface area contributed by atoms with Gasteiger partial charge in [-0.05, 0) is 48.6 Å². The SMILES string of the molecule is Cc1nc(N)nc2c1C(=NOCCOS(C)(=O)=O)C[C@@H](c1ccc(F)cc1-c1cccnc1)C2. The highest BCUT2D eigenvalue weighted by atomic mass is 32.2. The van der Waals surface area contributed by atoms with E-state index in [1.54, 1.807) is 24.5 Å². The van der Waals surface area contributed by atoms with Crippen molar-refractivity contribution in [2.24, 2.45) is 5.16 Å². The van der Waals surface area contributed by atoms with E-state index in [1.165, 1.54) is 12.1 Å². The van der Waals surface area contributed by atoms with Gasteiger partial charge in [-0.25, -0.2) is 14.4 Å². The van der Waals surface area contributed by atoms with Gasteiger partial charge in [-0.15, -0.1) is 0 Å². The number of pyridine rings is 1. The van der Waals surface area contributed by atoms with Crippen LogP contribution in [0, 0.1) is 12.7 Å². The normalized spacial score (nSPS) is 16.9. The van der Waals surface area contributed by atoms with E-state index in [0.717, 1.165) is 34.2 Å². The number of halogens is 1. The van der Waals surface area contributed by atoms with Crippen molar-refractivity contribution in [1.82, 2.24) is 15.0 Å². The Labute approximate surface area is 197 Å². The second-order valence-electron chi connectivity index (χ2n) is 7.96. The molecule has 0 aliphatic heterocycles. The summed E-state index contributed by atoms with van der Waals surface area (Å²) >= 11 is 0. The van der Waals surface area contributed by atoms with Crippen molar-refractivity contribution in [3.8, 4) is 11.1 Å². The second kappa shape index (κ2) is 9.82. The summed E-state index contributed by atoms with van der Waals surface area (Å²) in [5.74, 6) is -0.277. The van der Waals surface area contributed by atoms with E-state index in [4.69, 9.17) is 10.6 Å². The van der Waals surface area contributed by atoms with E-state index in [1.807, 2.05) is 13.0 Å². The minimum atomic E-state index is -3.57. The lowest BCUT2D eigenvalue weighted by atomic mass is 9.78. The van der Waals surface area contributed by atoms with Gasteiger partial charge in [-0.3, -0.25) is 9.17 Å². The molecule has 0 fully saturated rings. The molecule has 11 heteroatoms. The molecule has 34 heavy (non-hydrogen) atoms. The van der Waals surface area contributed by atoms with Crippen molar-refractivity contribution in [2.75, 3.05) is 25.2 Å². The zero-order valence-corrected chi connectivity index (χ0v) is 19.5. The quantitative estimate of drug-likeness (QED) is 0.307. The van der Waals surface area contributed by atoms with Crippen molar-refractivity contribution < 1.29 is 21.8 Å². The summed E-state index contributed by atoms with van der Waals surface area (Å²) in [6.45, 7) is 1.60. The van der Waals surface area contributed by atoms with E-state index in [2.05, 4.69) is 24.3 Å². The molecule has 2 N–H and O–H groups in total. The predicted molar refractivity (Wildman–Crippen MR) is 125 cm³/mol. The van der Waals surface area contributed by atoms with Gasteiger partial charge in [0.2, 0.25) is 5.95 Å². The van der Waals surface area contributed by atoms with Gasteiger partial charge in [0, 0.05) is 29.9 Å². The maximum absolute atomic E-state index is 14.2. The Bertz CT molecular complexity index is 1330. The van der Waals surface area contributed by atoms with Crippen LogP contribution >= 0.6 is 0 Å². The molecule has 4 rings (SSSR count). The van der Waals surface area contributed by atoms with Crippen molar-refractivity contribution in [2.45, 2.75) is 25.7 Å². The first-order valence-corrected chi connectivity index (χ1v) is 12.4. The van der Waals surface area contributed by atoms with Gasteiger partial charge in [0.25, 0.3) is 10.1 Å². The molecule has 178 valence electrons. The molecule has 1 aromatic carbocycles. The van der Waals surface area contributed by atoms with Gasteiger partial charge in [0.15, 0.2) is 0 Å². The summed E-state index contributed by atoms with van der Waals surface area (Å²) in [6.07, 6.45) is 5.36. The summed E-state index contributed by atoms with van der Waals surface area (Å²) in [5.41, 5.74) is 11.1. The molecule has 0 amide bonds. The Morgan fingerprint density at radius 1 is 1.21 bits per heavy atom. The van der Waals surface area contributed by atoms with Crippen LogP contribution in [0.15, 0.2) is 47.9 Å². The number of rotatable bonds is 7. The van der Waals surface area contributed by atoms with E-state index in [-0.39, 0.29) is 30.9 Å². The molecule has 0 unspecified atom stereocenters. The maximum atomic E-state index is 14.2. The molecule has 9 nitrogen and oxygen atoms in total. The molecule has 2 aromatic heterocycles. The van der Waals surface area contributed by atoms with Crippen molar-refractivity contribution in [3.05, 3.63) is 71.1 Å². The predicted octanol–water partition coefficient (Wildman–Crippen LogP) is 3.00. The van der Waals surface area contributed by atoms with Crippen molar-refractivity contribution >= 4 is 21.8 Å². The Balaban J connectivity index is 1.69. The third-order valence-corrected chi connectivity index (χ3v) is 6.02. The fourth-order valence-corrected chi connectivity index (χ4v) is 4.50. The smallest absolute Gasteiger partial charge is 0.264 e. The fourth-order valence-electron chi connectivity index (χ4n) is 4.13. The van der Waals surface area contributed by atoms with Crippen LogP contribution < -0.4 is 5.73 Å². The number of aryl methyl sites for hydroxylation is 1. The van der Waals surface area contributed by atoms with Crippen LogP contribution in [0.4, 0.5) is 10.3 Å². The first-order chi connectivity index (χ1) is 16.2. The van der Waals surface area contributed by atoms with Crippen LogP contribution in [-0.4, -0.2) is 48.6 Å². The number of fused-ring (bicyclic) bond motifs is 1. The number of anilines is 1. The largest absolute Gasteiger partial charge is 0.393 e. The van der Waals surface area contributed by atoms with Gasteiger partial charge >= 0.3 is 0 Å². The molecule has 0 saturated carbocycles. The number of nitrogens with zero attached hydrogens (tertiary/aromatic N) is 4. The first kappa shape index (κ1) is 23.7. The van der Waals surface area contributed by atoms with Crippen molar-refractivity contribution in [3.63, 3.8) is 0 Å². The van der Waals surface area contributed by atoms with Gasteiger partial charge in [0.05, 0.1) is 23.4 Å². The Kier molecular flexibility index (Phi) is 6.85. The van der Waals surface area contributed by atoms with Crippen LogP contribution in [-0.2, 0) is 25.6 Å². The molecule has 3 aromatic rings. The fraction of sp³-hybridized carbons (Fsp3) is 0.304. The van der Waals surface area contributed by atoms with Crippen LogP contribution in [0.2, 0.25) is 0 Å². The third kappa shape index (κ3) is 5.54. The number of hydrogen-bond acceptors (Lipinski definition) is 9. The molecule has 1 aliphatic carbocycles. The van der Waals surface area contributed by atoms with Crippen LogP contribution in [0.3, 0.4) is 0 Å². The summed E-state index contributed by atoms with van der Waals surface area (Å²) in [7, 11) is -3.57. The molecule has 0 bridgehead atoms. The first-order valence-electron chi connectivity index (χ1n) is 10.6. The van der Waals surface area contributed by atoms with Gasteiger partial charge in [0.1, 0.15) is 19.0 Å². The average Bonchev–Trinajstić information content (AvgIpc) is 2.78. The van der Waals surface area contributed by atoms with Gasteiger partial charge in [-0.1, -0.05) is 17.3 Å². The zero-order valence-electron chi connectivity index (χ0n) is 18.7. The number of oxime groups is 1. The lowest BCUT2D eigenvalue weighted by molar-refractivity contribution is 0.109. The molecular weight excluding hydrogens is 461 g/mol. The molecule has 2 heterocycles. The standard InChI is InChI=1S/C23H24FN5O4S/c1-14-22-20(28-23(25)27-14)10-16(11-21(22)29-32-8-9-33-34(2,30)31)18-6-5-17(24)12-19(18)15-4-3-7-26-13-15/h3-7,12-13,16H,8-11H2,1-2H3,(H2,25,27,28)/t16-/m0/s1. The zero-order chi connectivity index (χ0) is 24.3. The lowest BCUT2D eigenvalue weighted by Gasteiger charge is -2.28. The van der Waals surface area contributed by atoms with E-state index in [0.29, 0.717) is 24.2 Å². The molecular formula is C23H24FN5O4S. The number of benzene rings is 1. The highest BCUT2D eigenvalue weighted by molar-refractivity contribution is 7.85. The third-order valence-electron chi connectivity index (χ3n) is 5.42. The lowest BCUT2D eigenvalue weighted by Crippen LogP contribution is -2.24. The second-order valence-corrected chi connectivity index (χ2v) is 9.61. The average molecular weight is 486 g/mol. The number of nitrogen functional groups attached to an aromatic ring is 1. The summed E-state index contributed by atoms with van der Waals surface area (Å²) in [4.78, 5) is 18.2. The summed E-state index contributed by atoms with van der Waals surface area (Å²) < 4.78 is 41.1. The van der Waals surface area contributed by atoms with Gasteiger partial charge < -0.3 is 10.6 Å². The van der Waals surface area contributed by atoms with Crippen molar-refractivity contribution in [1.29, 1.82) is 0 Å². The monoisotopic (exact) mass is 485 g/mol. The molecule has 0 radical (unpaired) electrons.